The van der Waals surface area contributed by atoms with Crippen LogP contribution in [-0.2, 0) is 20.7 Å². The van der Waals surface area contributed by atoms with Gasteiger partial charge in [0.25, 0.3) is 0 Å². The predicted octanol–water partition coefficient (Wildman–Crippen LogP) is 2.97. The second kappa shape index (κ2) is 7.30. The molecule has 0 radical (unpaired) electrons. The van der Waals surface area contributed by atoms with Gasteiger partial charge in [-0.05, 0) is 24.1 Å². The topological polar surface area (TPSA) is 59.0 Å². The van der Waals surface area contributed by atoms with Gasteiger partial charge in [0.05, 0.1) is 17.3 Å². The molecule has 1 aliphatic heterocycles. The number of nitrogens with zero attached hydrogens (tertiary/aromatic N) is 2. The summed E-state index contributed by atoms with van der Waals surface area (Å²) >= 11 is 0. The molecule has 1 atom stereocenters. The van der Waals surface area contributed by atoms with Gasteiger partial charge in [-0.15, -0.1) is 0 Å². The number of ether oxygens (including phenoxy) is 1. The third-order valence-corrected chi connectivity index (χ3v) is 4.03. The van der Waals surface area contributed by atoms with Crippen LogP contribution in [0.4, 0.5) is 5.69 Å². The molecular formula is C20H20N2O3. The van der Waals surface area contributed by atoms with Gasteiger partial charge < -0.3 is 4.74 Å². The van der Waals surface area contributed by atoms with E-state index in [9.17, 15) is 9.59 Å². The number of benzene rings is 2. The lowest BCUT2D eigenvalue weighted by Crippen LogP contribution is -2.34. The first-order chi connectivity index (χ1) is 12.1. The molecule has 0 saturated heterocycles. The van der Waals surface area contributed by atoms with Crippen LogP contribution in [0.5, 0.6) is 0 Å². The number of carbonyl (C=O) groups excluding carboxylic acids is 2. The standard InChI is InChI=1S/C20H20N2O3/c1-14(23)22(15(2)24)19-11-7-6-10-18(19)20-21-17(13-25-20)12-16-8-4-3-5-9-16/h3-11,17H,12-13H2,1-2H3/t17-/m0/s1. The predicted molar refractivity (Wildman–Crippen MR) is 96.7 cm³/mol. The number of anilines is 1. The maximum Gasteiger partial charge on any atom is 0.230 e. The molecule has 2 aromatic carbocycles. The van der Waals surface area contributed by atoms with E-state index in [1.807, 2.05) is 30.3 Å². The van der Waals surface area contributed by atoms with Gasteiger partial charge in [-0.25, -0.2) is 4.99 Å². The molecule has 0 unspecified atom stereocenters. The smallest absolute Gasteiger partial charge is 0.230 e. The lowest BCUT2D eigenvalue weighted by Gasteiger charge is -2.20. The zero-order valence-electron chi connectivity index (χ0n) is 14.3. The minimum absolute atomic E-state index is 0.0218. The van der Waals surface area contributed by atoms with Crippen molar-refractivity contribution in [3.8, 4) is 0 Å². The van der Waals surface area contributed by atoms with Gasteiger partial charge in [0.1, 0.15) is 6.61 Å². The van der Waals surface area contributed by atoms with Crippen LogP contribution in [-0.4, -0.2) is 30.4 Å². The van der Waals surface area contributed by atoms with Gasteiger partial charge in [0.2, 0.25) is 17.7 Å². The molecule has 0 aromatic heterocycles. The molecule has 0 bridgehead atoms. The van der Waals surface area contributed by atoms with Crippen LogP contribution in [0, 0.1) is 0 Å². The molecule has 1 heterocycles. The quantitative estimate of drug-likeness (QED) is 0.862. The molecule has 5 heteroatoms. The molecular weight excluding hydrogens is 316 g/mol. The van der Waals surface area contributed by atoms with Gasteiger partial charge in [-0.1, -0.05) is 42.5 Å². The number of hydrogen-bond acceptors (Lipinski definition) is 4. The highest BCUT2D eigenvalue weighted by Crippen LogP contribution is 2.25. The summed E-state index contributed by atoms with van der Waals surface area (Å²) in [5.41, 5.74) is 2.36. The fourth-order valence-corrected chi connectivity index (χ4v) is 2.96. The number of para-hydroxylation sites is 1. The van der Waals surface area contributed by atoms with E-state index in [4.69, 9.17) is 4.74 Å². The Morgan fingerprint density at radius 2 is 1.68 bits per heavy atom. The SMILES string of the molecule is CC(=O)N(C(C)=O)c1ccccc1C1=N[C@@H](Cc2ccccc2)CO1. The molecule has 0 N–H and O–H groups in total. The number of hydrogen-bond donors (Lipinski definition) is 0. The van der Waals surface area contributed by atoms with Crippen LogP contribution in [0.3, 0.4) is 0 Å². The molecule has 25 heavy (non-hydrogen) atoms. The van der Waals surface area contributed by atoms with Crippen molar-refractivity contribution in [3.05, 3.63) is 65.7 Å². The second-order valence-corrected chi connectivity index (χ2v) is 5.98. The van der Waals surface area contributed by atoms with Crippen molar-refractivity contribution in [3.63, 3.8) is 0 Å². The zero-order valence-corrected chi connectivity index (χ0v) is 14.3. The Hall–Kier alpha value is -2.95. The summed E-state index contributed by atoms with van der Waals surface area (Å²) in [6.07, 6.45) is 0.787. The lowest BCUT2D eigenvalue weighted by molar-refractivity contribution is -0.124. The molecule has 2 amide bonds. The minimum Gasteiger partial charge on any atom is -0.475 e. The highest BCUT2D eigenvalue weighted by molar-refractivity contribution is 6.16. The van der Waals surface area contributed by atoms with Crippen LogP contribution < -0.4 is 4.90 Å². The van der Waals surface area contributed by atoms with Crippen molar-refractivity contribution < 1.29 is 14.3 Å². The van der Waals surface area contributed by atoms with Crippen molar-refractivity contribution in [1.82, 2.24) is 0 Å². The molecule has 0 spiro atoms. The Morgan fingerprint density at radius 3 is 2.36 bits per heavy atom. The summed E-state index contributed by atoms with van der Waals surface area (Å²) in [7, 11) is 0. The minimum atomic E-state index is -0.334. The molecule has 0 saturated carbocycles. The highest BCUT2D eigenvalue weighted by Gasteiger charge is 2.26. The first kappa shape index (κ1) is 16.9. The third kappa shape index (κ3) is 3.76. The molecule has 2 aromatic rings. The van der Waals surface area contributed by atoms with E-state index < -0.39 is 0 Å². The third-order valence-electron chi connectivity index (χ3n) is 4.03. The summed E-state index contributed by atoms with van der Waals surface area (Å²) in [5.74, 6) is -0.192. The number of carbonyl (C=O) groups is 2. The highest BCUT2D eigenvalue weighted by atomic mass is 16.5. The monoisotopic (exact) mass is 336 g/mol. The lowest BCUT2D eigenvalue weighted by atomic mass is 10.1. The van der Waals surface area contributed by atoms with E-state index >= 15 is 0 Å². The summed E-state index contributed by atoms with van der Waals surface area (Å²) in [6.45, 7) is 3.22. The number of aliphatic imine (C=N–C) groups is 1. The first-order valence-electron chi connectivity index (χ1n) is 8.21. The molecule has 5 nitrogen and oxygen atoms in total. The van der Waals surface area contributed by atoms with E-state index in [0.717, 1.165) is 11.3 Å². The van der Waals surface area contributed by atoms with Crippen molar-refractivity contribution >= 4 is 23.4 Å². The van der Waals surface area contributed by atoms with Crippen molar-refractivity contribution in [1.29, 1.82) is 0 Å². The van der Waals surface area contributed by atoms with Gasteiger partial charge in [0, 0.05) is 13.8 Å². The van der Waals surface area contributed by atoms with Crippen LogP contribution in [0.25, 0.3) is 0 Å². The Balaban J connectivity index is 1.88. The van der Waals surface area contributed by atoms with Crippen LogP contribution in [0.2, 0.25) is 0 Å². The largest absolute Gasteiger partial charge is 0.475 e. The van der Waals surface area contributed by atoms with Crippen molar-refractivity contribution in [2.24, 2.45) is 4.99 Å². The molecule has 3 rings (SSSR count). The summed E-state index contributed by atoms with van der Waals surface area (Å²) in [4.78, 5) is 29.6. The van der Waals surface area contributed by atoms with Crippen LogP contribution in [0.1, 0.15) is 25.0 Å². The summed E-state index contributed by atoms with van der Waals surface area (Å²) < 4.78 is 5.77. The molecule has 1 aliphatic rings. The second-order valence-electron chi connectivity index (χ2n) is 5.98. The van der Waals surface area contributed by atoms with E-state index in [1.54, 1.807) is 12.1 Å². The number of amides is 2. The van der Waals surface area contributed by atoms with Crippen LogP contribution >= 0.6 is 0 Å². The van der Waals surface area contributed by atoms with Gasteiger partial charge in [-0.3, -0.25) is 14.5 Å². The number of rotatable bonds is 4. The Bertz CT molecular complexity index is 801. The Kier molecular flexibility index (Phi) is 4.93. The van der Waals surface area contributed by atoms with Gasteiger partial charge in [0.15, 0.2) is 0 Å². The van der Waals surface area contributed by atoms with Gasteiger partial charge >= 0.3 is 0 Å². The summed E-state index contributed by atoms with van der Waals surface area (Å²) in [6, 6.07) is 17.3. The zero-order chi connectivity index (χ0) is 17.8. The van der Waals surface area contributed by atoms with E-state index in [1.165, 1.54) is 19.4 Å². The van der Waals surface area contributed by atoms with Crippen molar-refractivity contribution in [2.45, 2.75) is 26.3 Å². The number of imide groups is 1. The van der Waals surface area contributed by atoms with E-state index in [0.29, 0.717) is 23.8 Å². The normalized spacial score (nSPS) is 16.1. The van der Waals surface area contributed by atoms with E-state index in [-0.39, 0.29) is 17.9 Å². The molecule has 0 fully saturated rings. The Morgan fingerprint density at radius 1 is 1.04 bits per heavy atom. The van der Waals surface area contributed by atoms with E-state index in [2.05, 4.69) is 17.1 Å². The van der Waals surface area contributed by atoms with Gasteiger partial charge in [-0.2, -0.15) is 0 Å². The molecule has 128 valence electrons. The maximum absolute atomic E-state index is 11.9. The maximum atomic E-state index is 11.9. The fourth-order valence-electron chi connectivity index (χ4n) is 2.96. The first-order valence-corrected chi connectivity index (χ1v) is 8.21. The average Bonchev–Trinajstić information content (AvgIpc) is 3.04. The Labute approximate surface area is 146 Å². The van der Waals surface area contributed by atoms with Crippen molar-refractivity contribution in [2.75, 3.05) is 11.5 Å². The van der Waals surface area contributed by atoms with Crippen LogP contribution in [0.15, 0.2) is 59.6 Å². The average molecular weight is 336 g/mol. The fraction of sp³-hybridized carbons (Fsp3) is 0.250. The molecule has 0 aliphatic carbocycles. The summed E-state index contributed by atoms with van der Waals surface area (Å²) in [5, 5.41) is 0.